The van der Waals surface area contributed by atoms with Crippen LogP contribution in [0.2, 0.25) is 0 Å². The molecule has 0 bridgehead atoms. The molecule has 12 heteroatoms. The zero-order chi connectivity index (χ0) is 28.0. The zero-order valence-corrected chi connectivity index (χ0v) is 22.8. The fraction of sp³-hybridized carbons (Fsp3) is 0.346. The van der Waals surface area contributed by atoms with Gasteiger partial charge in [0.1, 0.15) is 10.6 Å². The Balaban J connectivity index is 2.12. The van der Waals surface area contributed by atoms with Crippen LogP contribution in [0.4, 0.5) is 5.69 Å². The van der Waals surface area contributed by atoms with Crippen LogP contribution in [0.3, 0.4) is 0 Å². The molecule has 38 heavy (non-hydrogen) atoms. The Morgan fingerprint density at radius 1 is 1.13 bits per heavy atom. The fourth-order valence-electron chi connectivity index (χ4n) is 3.46. The molecule has 11 nitrogen and oxygen atoms in total. The van der Waals surface area contributed by atoms with Crippen molar-refractivity contribution in [1.29, 1.82) is 0 Å². The topological polar surface area (TPSA) is 149 Å². The van der Waals surface area contributed by atoms with Crippen molar-refractivity contribution in [3.05, 3.63) is 59.3 Å². The highest BCUT2D eigenvalue weighted by Crippen LogP contribution is 2.35. The van der Waals surface area contributed by atoms with E-state index in [0.717, 1.165) is 5.56 Å². The van der Waals surface area contributed by atoms with Crippen molar-refractivity contribution >= 4 is 27.6 Å². The quantitative estimate of drug-likeness (QED) is 0.291. The Kier molecular flexibility index (Phi) is 9.26. The van der Waals surface area contributed by atoms with Crippen molar-refractivity contribution in [3.8, 4) is 17.3 Å². The Bertz CT molecular complexity index is 1420. The molecule has 3 rings (SSSR count). The molecule has 2 aromatic carbocycles. The first kappa shape index (κ1) is 28.8. The summed E-state index contributed by atoms with van der Waals surface area (Å²) in [7, 11) is -2.68. The SMILES string of the molecule is CC[C@@H](C)C(=O)Nc1ccc(Oc2c(C)c(C(=O)O)nn2-c2ccc(C)cc2)c(S(=O)(=O)NCCOC)c1. The average Bonchev–Trinajstić information content (AvgIpc) is 3.20. The first-order valence-corrected chi connectivity index (χ1v) is 13.5. The molecule has 0 radical (unpaired) electrons. The summed E-state index contributed by atoms with van der Waals surface area (Å²) in [6.07, 6.45) is 0.616. The van der Waals surface area contributed by atoms with Crippen molar-refractivity contribution < 1.29 is 32.6 Å². The number of anilines is 1. The fourth-order valence-corrected chi connectivity index (χ4v) is 4.62. The van der Waals surface area contributed by atoms with Gasteiger partial charge < -0.3 is 19.9 Å². The average molecular weight is 545 g/mol. The number of nitrogens with one attached hydrogen (secondary N) is 2. The maximum Gasteiger partial charge on any atom is 0.356 e. The number of rotatable bonds is 12. The van der Waals surface area contributed by atoms with Crippen LogP contribution in [0.5, 0.6) is 11.6 Å². The number of hydrogen-bond acceptors (Lipinski definition) is 7. The second-order valence-electron chi connectivity index (χ2n) is 8.78. The minimum Gasteiger partial charge on any atom is -0.476 e. The monoisotopic (exact) mass is 544 g/mol. The van der Waals surface area contributed by atoms with Gasteiger partial charge in [0, 0.05) is 30.8 Å². The first-order chi connectivity index (χ1) is 18.0. The number of aromatic carboxylic acids is 1. The van der Waals surface area contributed by atoms with Crippen LogP contribution in [0.25, 0.3) is 5.69 Å². The van der Waals surface area contributed by atoms with Gasteiger partial charge in [-0.05, 0) is 50.6 Å². The number of ether oxygens (including phenoxy) is 2. The number of carboxylic acids is 1. The van der Waals surface area contributed by atoms with Crippen molar-refractivity contribution in [2.45, 2.75) is 39.0 Å². The third kappa shape index (κ3) is 6.57. The molecule has 0 aliphatic heterocycles. The molecule has 0 saturated heterocycles. The van der Waals surface area contributed by atoms with E-state index in [1.54, 1.807) is 19.1 Å². The van der Waals surface area contributed by atoms with Crippen LogP contribution in [0, 0.1) is 19.8 Å². The largest absolute Gasteiger partial charge is 0.476 e. The van der Waals surface area contributed by atoms with E-state index < -0.39 is 16.0 Å². The standard InChI is InChI=1S/C26H32N4O7S/c1-6-17(3)24(31)28-19-9-12-21(22(15-19)38(34,35)27-13-14-36-5)37-25-18(4)23(26(32)33)29-30(25)20-10-7-16(2)8-11-20/h7-12,15,17,27H,6,13-14H2,1-5H3,(H,28,31)(H,32,33)/t17-/m1/s1. The van der Waals surface area contributed by atoms with Gasteiger partial charge in [0.15, 0.2) is 5.69 Å². The van der Waals surface area contributed by atoms with Gasteiger partial charge >= 0.3 is 5.97 Å². The summed E-state index contributed by atoms with van der Waals surface area (Å²) >= 11 is 0. The number of carbonyl (C=O) groups is 2. The van der Waals surface area contributed by atoms with Gasteiger partial charge in [-0.2, -0.15) is 9.78 Å². The number of amides is 1. The number of nitrogens with zero attached hydrogens (tertiary/aromatic N) is 2. The molecule has 0 aliphatic carbocycles. The van der Waals surface area contributed by atoms with E-state index >= 15 is 0 Å². The first-order valence-electron chi connectivity index (χ1n) is 12.0. The maximum atomic E-state index is 13.3. The Labute approximate surface area is 221 Å². The second kappa shape index (κ2) is 12.2. The van der Waals surface area contributed by atoms with Crippen LogP contribution >= 0.6 is 0 Å². The predicted octanol–water partition coefficient (Wildman–Crippen LogP) is 3.89. The van der Waals surface area contributed by atoms with Gasteiger partial charge in [0.2, 0.25) is 21.8 Å². The summed E-state index contributed by atoms with van der Waals surface area (Å²) in [5.41, 5.74) is 1.76. The lowest BCUT2D eigenvalue weighted by molar-refractivity contribution is -0.119. The lowest BCUT2D eigenvalue weighted by Gasteiger charge is -2.16. The normalized spacial score (nSPS) is 12.2. The molecule has 1 aromatic heterocycles. The van der Waals surface area contributed by atoms with Crippen molar-refractivity contribution in [2.24, 2.45) is 5.92 Å². The smallest absolute Gasteiger partial charge is 0.356 e. The molecular weight excluding hydrogens is 512 g/mol. The Morgan fingerprint density at radius 2 is 1.82 bits per heavy atom. The summed E-state index contributed by atoms with van der Waals surface area (Å²) in [5.74, 6) is -1.82. The van der Waals surface area contributed by atoms with E-state index in [4.69, 9.17) is 9.47 Å². The predicted molar refractivity (Wildman–Crippen MR) is 142 cm³/mol. The molecule has 1 atom stereocenters. The highest BCUT2D eigenvalue weighted by Gasteiger charge is 2.26. The van der Waals surface area contributed by atoms with E-state index in [-0.39, 0.29) is 58.4 Å². The minimum atomic E-state index is -4.13. The van der Waals surface area contributed by atoms with Crippen LogP contribution in [-0.2, 0) is 19.6 Å². The number of hydrogen-bond donors (Lipinski definition) is 3. The molecule has 0 spiro atoms. The number of aromatic nitrogens is 2. The van der Waals surface area contributed by atoms with Crippen molar-refractivity contribution in [1.82, 2.24) is 14.5 Å². The highest BCUT2D eigenvalue weighted by molar-refractivity contribution is 7.89. The maximum absolute atomic E-state index is 13.3. The molecule has 0 aliphatic rings. The second-order valence-corrected chi connectivity index (χ2v) is 10.5. The van der Waals surface area contributed by atoms with Gasteiger partial charge in [-0.25, -0.2) is 17.9 Å². The number of sulfonamides is 1. The molecule has 3 N–H and O–H groups in total. The Morgan fingerprint density at radius 3 is 2.42 bits per heavy atom. The van der Waals surface area contributed by atoms with Crippen molar-refractivity contribution in [3.63, 3.8) is 0 Å². The van der Waals surface area contributed by atoms with E-state index in [9.17, 15) is 23.1 Å². The van der Waals surface area contributed by atoms with E-state index in [1.807, 2.05) is 26.0 Å². The summed E-state index contributed by atoms with van der Waals surface area (Å²) in [6, 6.07) is 11.4. The lowest BCUT2D eigenvalue weighted by Crippen LogP contribution is -2.28. The summed E-state index contributed by atoms with van der Waals surface area (Å²) in [6.45, 7) is 7.23. The van der Waals surface area contributed by atoms with Gasteiger partial charge in [0.05, 0.1) is 12.3 Å². The van der Waals surface area contributed by atoms with Gasteiger partial charge in [0.25, 0.3) is 0 Å². The third-order valence-electron chi connectivity index (χ3n) is 5.92. The summed E-state index contributed by atoms with van der Waals surface area (Å²) in [4.78, 5) is 24.0. The van der Waals surface area contributed by atoms with Crippen LogP contribution < -0.4 is 14.8 Å². The molecule has 1 amide bonds. The van der Waals surface area contributed by atoms with Crippen molar-refractivity contribution in [2.75, 3.05) is 25.6 Å². The Hall–Kier alpha value is -3.74. The molecule has 0 fully saturated rings. The molecule has 0 unspecified atom stereocenters. The molecule has 0 saturated carbocycles. The van der Waals surface area contributed by atoms with Gasteiger partial charge in [-0.3, -0.25) is 4.79 Å². The molecule has 1 heterocycles. The third-order valence-corrected chi connectivity index (χ3v) is 7.40. The van der Waals surface area contributed by atoms with Gasteiger partial charge in [-0.1, -0.05) is 31.5 Å². The van der Waals surface area contributed by atoms with Gasteiger partial charge in [-0.15, -0.1) is 0 Å². The van der Waals surface area contributed by atoms with Crippen LogP contribution in [0.1, 0.15) is 41.9 Å². The number of methoxy groups -OCH3 is 1. The molecular formula is C26H32N4O7S. The number of benzene rings is 2. The molecule has 3 aromatic rings. The van der Waals surface area contributed by atoms with Crippen LogP contribution in [-0.4, -0.2) is 55.4 Å². The van der Waals surface area contributed by atoms with Crippen LogP contribution in [0.15, 0.2) is 47.4 Å². The summed E-state index contributed by atoms with van der Waals surface area (Å²) < 4.78 is 41.3. The molecule has 204 valence electrons. The number of carboxylic acid groups (broad SMARTS) is 1. The van der Waals surface area contributed by atoms with E-state index in [1.165, 1.54) is 36.9 Å². The summed E-state index contributed by atoms with van der Waals surface area (Å²) in [5, 5.41) is 16.6. The number of carbonyl (C=O) groups excluding carboxylic acids is 1. The van der Waals surface area contributed by atoms with E-state index in [0.29, 0.717) is 12.1 Å². The lowest BCUT2D eigenvalue weighted by atomic mass is 10.1. The highest BCUT2D eigenvalue weighted by atomic mass is 32.2. The minimum absolute atomic E-state index is 0.00518. The number of aryl methyl sites for hydroxylation is 1. The van der Waals surface area contributed by atoms with E-state index in [2.05, 4.69) is 15.1 Å². The zero-order valence-electron chi connectivity index (χ0n) is 21.9.